The number of hydrogen-bond donors (Lipinski definition) is 1. The first kappa shape index (κ1) is 15.2. The molecule has 0 saturated heterocycles. The zero-order chi connectivity index (χ0) is 15.0. The average molecular weight is 269 g/mol. The zero-order valence-corrected chi connectivity index (χ0v) is 11.3. The fourth-order valence-corrected chi connectivity index (χ4v) is 1.65. The number of ether oxygens (including phenoxy) is 1. The SMILES string of the molecule is COc1ccc(C)c(NC(=O)c2ccccc2)c1.N#N. The molecule has 0 radical (unpaired) electrons. The molecule has 5 nitrogen and oxygen atoms in total. The first-order valence-electron chi connectivity index (χ1n) is 5.92. The van der Waals surface area contributed by atoms with Gasteiger partial charge in [-0.1, -0.05) is 24.3 Å². The van der Waals surface area contributed by atoms with Gasteiger partial charge in [0.05, 0.1) is 7.11 Å². The molecular formula is C15H15N3O2. The third kappa shape index (κ3) is 3.82. The lowest BCUT2D eigenvalue weighted by molar-refractivity contribution is 0.102. The summed E-state index contributed by atoms with van der Waals surface area (Å²) >= 11 is 0. The summed E-state index contributed by atoms with van der Waals surface area (Å²) in [4.78, 5) is 12.0. The van der Waals surface area contributed by atoms with E-state index < -0.39 is 0 Å². The van der Waals surface area contributed by atoms with Crippen molar-refractivity contribution in [3.63, 3.8) is 0 Å². The molecule has 0 atom stereocenters. The minimum Gasteiger partial charge on any atom is -0.497 e. The van der Waals surface area contributed by atoms with E-state index in [2.05, 4.69) is 5.32 Å². The summed E-state index contributed by atoms with van der Waals surface area (Å²) in [6, 6.07) is 14.7. The van der Waals surface area contributed by atoms with Crippen LogP contribution in [0.25, 0.3) is 0 Å². The summed E-state index contributed by atoms with van der Waals surface area (Å²) in [5.74, 6) is 0.607. The van der Waals surface area contributed by atoms with Crippen LogP contribution in [0.15, 0.2) is 48.5 Å². The minimum absolute atomic E-state index is 0.119. The van der Waals surface area contributed by atoms with Crippen molar-refractivity contribution in [2.75, 3.05) is 12.4 Å². The maximum Gasteiger partial charge on any atom is 0.255 e. The van der Waals surface area contributed by atoms with Gasteiger partial charge >= 0.3 is 0 Å². The summed E-state index contributed by atoms with van der Waals surface area (Å²) in [5.41, 5.74) is 2.41. The molecule has 1 N–H and O–H groups in total. The Bertz CT molecular complexity index is 595. The maximum atomic E-state index is 12.0. The first-order valence-corrected chi connectivity index (χ1v) is 5.92. The molecule has 0 aliphatic carbocycles. The van der Waals surface area contributed by atoms with Crippen molar-refractivity contribution in [3.8, 4) is 5.75 Å². The van der Waals surface area contributed by atoms with Crippen LogP contribution in [-0.2, 0) is 0 Å². The number of benzene rings is 2. The highest BCUT2D eigenvalue weighted by atomic mass is 16.5. The van der Waals surface area contributed by atoms with Gasteiger partial charge in [0.1, 0.15) is 5.75 Å². The standard InChI is InChI=1S/C15H15NO2.N2/c1-11-8-9-13(18-2)10-14(11)16-15(17)12-6-4-3-5-7-12;1-2/h3-10H,1-2H3,(H,16,17);. The predicted molar refractivity (Wildman–Crippen MR) is 75.6 cm³/mol. The van der Waals surface area contributed by atoms with E-state index in [0.29, 0.717) is 5.56 Å². The van der Waals surface area contributed by atoms with Gasteiger partial charge in [-0.2, -0.15) is 0 Å². The zero-order valence-electron chi connectivity index (χ0n) is 11.3. The quantitative estimate of drug-likeness (QED) is 0.866. The lowest BCUT2D eigenvalue weighted by atomic mass is 10.1. The Morgan fingerprint density at radius 1 is 1.10 bits per heavy atom. The van der Waals surface area contributed by atoms with Crippen LogP contribution in [0, 0.1) is 17.7 Å². The maximum absolute atomic E-state index is 12.0. The number of carbonyl (C=O) groups excluding carboxylic acids is 1. The molecule has 0 unspecified atom stereocenters. The van der Waals surface area contributed by atoms with Gasteiger partial charge in [0.2, 0.25) is 0 Å². The molecule has 0 aliphatic rings. The molecule has 5 heteroatoms. The van der Waals surface area contributed by atoms with E-state index in [1.54, 1.807) is 19.2 Å². The Labute approximate surface area is 117 Å². The fourth-order valence-electron chi connectivity index (χ4n) is 1.65. The van der Waals surface area contributed by atoms with Gasteiger partial charge in [-0.25, -0.2) is 0 Å². The van der Waals surface area contributed by atoms with Gasteiger partial charge in [-0.15, -0.1) is 0 Å². The van der Waals surface area contributed by atoms with E-state index in [4.69, 9.17) is 15.5 Å². The van der Waals surface area contributed by atoms with Crippen LogP contribution < -0.4 is 10.1 Å². The molecule has 0 fully saturated rings. The molecule has 0 spiro atoms. The number of amides is 1. The molecule has 1 amide bonds. The lowest BCUT2D eigenvalue weighted by Crippen LogP contribution is -2.12. The molecule has 0 aromatic heterocycles. The van der Waals surface area contributed by atoms with Crippen molar-refractivity contribution in [1.29, 1.82) is 10.8 Å². The van der Waals surface area contributed by atoms with Gasteiger partial charge in [0, 0.05) is 28.1 Å². The number of carbonyl (C=O) groups is 1. The van der Waals surface area contributed by atoms with Crippen LogP contribution in [0.3, 0.4) is 0 Å². The number of hydrogen-bond acceptors (Lipinski definition) is 4. The Morgan fingerprint density at radius 3 is 2.35 bits per heavy atom. The topological polar surface area (TPSA) is 85.9 Å². The Morgan fingerprint density at radius 2 is 1.75 bits per heavy atom. The summed E-state index contributed by atoms with van der Waals surface area (Å²) in [7, 11) is 1.60. The summed E-state index contributed by atoms with van der Waals surface area (Å²) < 4.78 is 5.15. The third-order valence-electron chi connectivity index (χ3n) is 2.73. The van der Waals surface area contributed by atoms with Crippen LogP contribution in [0.2, 0.25) is 0 Å². The van der Waals surface area contributed by atoms with Gasteiger partial charge in [0.25, 0.3) is 5.91 Å². The second kappa shape index (κ2) is 7.54. The lowest BCUT2D eigenvalue weighted by Gasteiger charge is -2.10. The molecule has 0 aliphatic heterocycles. The number of anilines is 1. The van der Waals surface area contributed by atoms with Gasteiger partial charge in [-0.3, -0.25) is 4.79 Å². The van der Waals surface area contributed by atoms with Crippen molar-refractivity contribution in [1.82, 2.24) is 0 Å². The van der Waals surface area contributed by atoms with Crippen LogP contribution in [0.1, 0.15) is 15.9 Å². The van der Waals surface area contributed by atoms with Gasteiger partial charge in [0.15, 0.2) is 0 Å². The van der Waals surface area contributed by atoms with Gasteiger partial charge in [-0.05, 0) is 30.7 Å². The highest BCUT2D eigenvalue weighted by Gasteiger charge is 2.07. The van der Waals surface area contributed by atoms with Crippen molar-refractivity contribution < 1.29 is 9.53 Å². The molecule has 2 aromatic carbocycles. The van der Waals surface area contributed by atoms with E-state index in [1.807, 2.05) is 43.3 Å². The average Bonchev–Trinajstić information content (AvgIpc) is 2.52. The van der Waals surface area contributed by atoms with E-state index in [0.717, 1.165) is 17.0 Å². The number of aryl methyl sites for hydroxylation is 1. The Kier molecular flexibility index (Phi) is 5.73. The third-order valence-corrected chi connectivity index (χ3v) is 2.73. The highest BCUT2D eigenvalue weighted by molar-refractivity contribution is 6.04. The summed E-state index contributed by atoms with van der Waals surface area (Å²) in [6.45, 7) is 1.94. The van der Waals surface area contributed by atoms with Crippen LogP contribution in [0.4, 0.5) is 5.69 Å². The molecule has 0 bridgehead atoms. The summed E-state index contributed by atoms with van der Waals surface area (Å²) in [6.07, 6.45) is 0. The Hall–Kier alpha value is -2.87. The molecule has 0 saturated carbocycles. The van der Waals surface area contributed by atoms with Crippen LogP contribution >= 0.6 is 0 Å². The van der Waals surface area contributed by atoms with Gasteiger partial charge < -0.3 is 10.1 Å². The largest absolute Gasteiger partial charge is 0.497 e. The monoisotopic (exact) mass is 269 g/mol. The second-order valence-corrected chi connectivity index (χ2v) is 4.00. The van der Waals surface area contributed by atoms with E-state index in [9.17, 15) is 4.79 Å². The fraction of sp³-hybridized carbons (Fsp3) is 0.133. The molecule has 0 heterocycles. The molecule has 20 heavy (non-hydrogen) atoms. The van der Waals surface area contributed by atoms with Crippen molar-refractivity contribution in [2.45, 2.75) is 6.92 Å². The number of nitrogens with zero attached hydrogens (tertiary/aromatic N) is 2. The van der Waals surface area contributed by atoms with Crippen molar-refractivity contribution >= 4 is 11.6 Å². The summed E-state index contributed by atoms with van der Waals surface area (Å²) in [5, 5.41) is 14.9. The van der Waals surface area contributed by atoms with E-state index in [1.165, 1.54) is 0 Å². The van der Waals surface area contributed by atoms with E-state index in [-0.39, 0.29) is 5.91 Å². The molecule has 2 aromatic rings. The van der Waals surface area contributed by atoms with Crippen LogP contribution in [-0.4, -0.2) is 13.0 Å². The van der Waals surface area contributed by atoms with E-state index >= 15 is 0 Å². The van der Waals surface area contributed by atoms with Crippen molar-refractivity contribution in [3.05, 3.63) is 59.7 Å². The smallest absolute Gasteiger partial charge is 0.255 e. The van der Waals surface area contributed by atoms with Crippen molar-refractivity contribution in [2.24, 2.45) is 0 Å². The molecular weight excluding hydrogens is 254 g/mol. The Balaban J connectivity index is 0.000000956. The number of methoxy groups -OCH3 is 1. The minimum atomic E-state index is -0.119. The first-order chi connectivity index (χ1) is 9.70. The number of rotatable bonds is 3. The predicted octanol–water partition coefficient (Wildman–Crippen LogP) is 3.29. The molecule has 2 rings (SSSR count). The number of nitrogens with one attached hydrogen (secondary N) is 1. The normalized spacial score (nSPS) is 9.00. The molecule has 102 valence electrons. The van der Waals surface area contributed by atoms with Crippen LogP contribution in [0.5, 0.6) is 5.75 Å². The second-order valence-electron chi connectivity index (χ2n) is 4.00. The highest BCUT2D eigenvalue weighted by Crippen LogP contribution is 2.22.